The highest BCUT2D eigenvalue weighted by Gasteiger charge is 2.41. The molecule has 0 spiro atoms. The molecule has 16 heavy (non-hydrogen) atoms. The molecular weight excluding hydrogens is 196 g/mol. The summed E-state index contributed by atoms with van der Waals surface area (Å²) in [4.78, 5) is 0. The first-order chi connectivity index (χ1) is 7.57. The zero-order valence-electron chi connectivity index (χ0n) is 10.6. The average Bonchev–Trinajstić information content (AvgIpc) is 2.27. The van der Waals surface area contributed by atoms with Crippen molar-refractivity contribution in [2.45, 2.75) is 46.0 Å². The van der Waals surface area contributed by atoms with Crippen molar-refractivity contribution in [2.75, 3.05) is 6.61 Å². The largest absolute Gasteiger partial charge is 0.392 e. The first-order valence-corrected chi connectivity index (χ1v) is 6.52. The number of hydrogen-bond acceptors (Lipinski definition) is 1. The van der Waals surface area contributed by atoms with E-state index in [4.69, 9.17) is 0 Å². The van der Waals surface area contributed by atoms with Gasteiger partial charge in [-0.15, -0.1) is 0 Å². The van der Waals surface area contributed by atoms with E-state index >= 15 is 0 Å². The molecule has 0 aliphatic heterocycles. The Balaban J connectivity index is 2.15. The van der Waals surface area contributed by atoms with Gasteiger partial charge in [0.15, 0.2) is 0 Å². The lowest BCUT2D eigenvalue weighted by Gasteiger charge is -2.48. The molecular formula is C15H24O. The van der Waals surface area contributed by atoms with Gasteiger partial charge in [-0.25, -0.2) is 0 Å². The molecule has 0 aromatic rings. The van der Waals surface area contributed by atoms with Gasteiger partial charge in [-0.05, 0) is 61.9 Å². The molecule has 0 amide bonds. The second kappa shape index (κ2) is 4.37. The van der Waals surface area contributed by atoms with E-state index in [1.54, 1.807) is 5.57 Å². The van der Waals surface area contributed by atoms with Crippen LogP contribution < -0.4 is 0 Å². The fourth-order valence-electron chi connectivity index (χ4n) is 3.67. The van der Waals surface area contributed by atoms with Crippen LogP contribution >= 0.6 is 0 Å². The minimum atomic E-state index is 0.164. The molecule has 0 heterocycles. The molecule has 0 saturated heterocycles. The lowest BCUT2D eigenvalue weighted by molar-refractivity contribution is 0.0943. The maximum absolute atomic E-state index is 9.20. The summed E-state index contributed by atoms with van der Waals surface area (Å²) in [5.74, 6) is 1.27. The van der Waals surface area contributed by atoms with Gasteiger partial charge in [-0.1, -0.05) is 25.2 Å². The van der Waals surface area contributed by atoms with Gasteiger partial charge in [-0.3, -0.25) is 0 Å². The van der Waals surface area contributed by atoms with Crippen LogP contribution in [0, 0.1) is 17.3 Å². The highest BCUT2D eigenvalue weighted by atomic mass is 16.3. The maximum atomic E-state index is 9.20. The van der Waals surface area contributed by atoms with Gasteiger partial charge in [-0.2, -0.15) is 0 Å². The molecule has 90 valence electrons. The minimum absolute atomic E-state index is 0.164. The Hall–Kier alpha value is -0.560. The highest BCUT2D eigenvalue weighted by molar-refractivity contribution is 5.17. The molecule has 0 unspecified atom stereocenters. The Labute approximate surface area is 99.3 Å². The van der Waals surface area contributed by atoms with Gasteiger partial charge in [0.25, 0.3) is 0 Å². The third kappa shape index (κ3) is 1.98. The lowest BCUT2D eigenvalue weighted by Crippen LogP contribution is -2.37. The smallest absolute Gasteiger partial charge is 0.0641 e. The molecule has 0 radical (unpaired) electrons. The monoisotopic (exact) mass is 220 g/mol. The van der Waals surface area contributed by atoms with E-state index in [1.807, 2.05) is 0 Å². The number of rotatable bonds is 2. The average molecular weight is 220 g/mol. The van der Waals surface area contributed by atoms with Crippen molar-refractivity contribution >= 4 is 0 Å². The molecule has 2 aliphatic carbocycles. The molecule has 0 aromatic heterocycles. The molecule has 1 nitrogen and oxygen atoms in total. The predicted molar refractivity (Wildman–Crippen MR) is 68.2 cm³/mol. The van der Waals surface area contributed by atoms with Gasteiger partial charge in [0.1, 0.15) is 0 Å². The number of aliphatic hydroxyl groups excluding tert-OH is 1. The van der Waals surface area contributed by atoms with Crippen molar-refractivity contribution in [3.8, 4) is 0 Å². The molecule has 2 aliphatic rings. The Kier molecular flexibility index (Phi) is 3.25. The number of aliphatic hydroxyl groups is 1. The van der Waals surface area contributed by atoms with Crippen molar-refractivity contribution in [1.29, 1.82) is 0 Å². The summed E-state index contributed by atoms with van der Waals surface area (Å²) in [6, 6.07) is 0. The zero-order valence-corrected chi connectivity index (χ0v) is 10.6. The Bertz CT molecular complexity index is 315. The third-order valence-corrected chi connectivity index (χ3v) is 4.94. The van der Waals surface area contributed by atoms with Gasteiger partial charge >= 0.3 is 0 Å². The number of fused-ring (bicyclic) bond motifs is 1. The topological polar surface area (TPSA) is 20.2 Å². The Morgan fingerprint density at radius 1 is 1.56 bits per heavy atom. The second-order valence-corrected chi connectivity index (χ2v) is 5.98. The van der Waals surface area contributed by atoms with E-state index in [9.17, 15) is 5.11 Å². The predicted octanol–water partition coefficient (Wildman–Crippen LogP) is 3.70. The molecule has 1 saturated carbocycles. The molecule has 0 bridgehead atoms. The van der Waals surface area contributed by atoms with Crippen molar-refractivity contribution in [3.05, 3.63) is 23.8 Å². The minimum Gasteiger partial charge on any atom is -0.392 e. The standard InChI is InChI=1S/C15H24O/c1-11-5-4-7-15(3)8-6-13(9-14(11)15)12(2)10-16/h5,13-14,16H,2,4,6-10H2,1,3H3/t13-,14-,15-/m1/s1. The second-order valence-electron chi connectivity index (χ2n) is 5.98. The summed E-state index contributed by atoms with van der Waals surface area (Å²) < 4.78 is 0. The number of allylic oxidation sites excluding steroid dienone is 2. The van der Waals surface area contributed by atoms with E-state index in [-0.39, 0.29) is 6.61 Å². The van der Waals surface area contributed by atoms with Crippen LogP contribution in [-0.2, 0) is 0 Å². The van der Waals surface area contributed by atoms with Crippen LogP contribution in [0.3, 0.4) is 0 Å². The molecule has 1 N–H and O–H groups in total. The summed E-state index contributed by atoms with van der Waals surface area (Å²) in [6.45, 7) is 8.91. The van der Waals surface area contributed by atoms with Crippen LogP contribution in [0.15, 0.2) is 23.8 Å². The maximum Gasteiger partial charge on any atom is 0.0641 e. The molecule has 1 heteroatoms. The van der Waals surface area contributed by atoms with Crippen LogP contribution in [-0.4, -0.2) is 11.7 Å². The summed E-state index contributed by atoms with van der Waals surface area (Å²) in [5.41, 5.74) is 3.13. The van der Waals surface area contributed by atoms with Gasteiger partial charge in [0.05, 0.1) is 6.61 Å². The third-order valence-electron chi connectivity index (χ3n) is 4.94. The van der Waals surface area contributed by atoms with E-state index in [0.717, 1.165) is 11.5 Å². The summed E-state index contributed by atoms with van der Waals surface area (Å²) in [6.07, 6.45) is 8.73. The normalized spacial score (nSPS) is 38.8. The van der Waals surface area contributed by atoms with Crippen molar-refractivity contribution in [2.24, 2.45) is 17.3 Å². The van der Waals surface area contributed by atoms with E-state index in [2.05, 4.69) is 26.5 Å². The first kappa shape index (κ1) is 11.9. The summed E-state index contributed by atoms with van der Waals surface area (Å²) in [5, 5.41) is 9.20. The van der Waals surface area contributed by atoms with Crippen LogP contribution in [0.2, 0.25) is 0 Å². The fraction of sp³-hybridized carbons (Fsp3) is 0.733. The fourth-order valence-corrected chi connectivity index (χ4v) is 3.67. The van der Waals surface area contributed by atoms with Crippen LogP contribution in [0.25, 0.3) is 0 Å². The molecule has 2 rings (SSSR count). The van der Waals surface area contributed by atoms with Gasteiger partial charge < -0.3 is 5.11 Å². The lowest BCUT2D eigenvalue weighted by atomic mass is 9.57. The van der Waals surface area contributed by atoms with Crippen molar-refractivity contribution in [3.63, 3.8) is 0 Å². The highest BCUT2D eigenvalue weighted by Crippen LogP contribution is 2.52. The quantitative estimate of drug-likeness (QED) is 0.704. The van der Waals surface area contributed by atoms with Crippen LogP contribution in [0.5, 0.6) is 0 Å². The zero-order chi connectivity index (χ0) is 11.8. The molecule has 1 fully saturated rings. The molecule has 0 aromatic carbocycles. The molecule has 3 atom stereocenters. The van der Waals surface area contributed by atoms with E-state index in [1.165, 1.54) is 32.1 Å². The van der Waals surface area contributed by atoms with E-state index < -0.39 is 0 Å². The first-order valence-electron chi connectivity index (χ1n) is 6.52. The van der Waals surface area contributed by atoms with Crippen molar-refractivity contribution in [1.82, 2.24) is 0 Å². The summed E-state index contributed by atoms with van der Waals surface area (Å²) in [7, 11) is 0. The SMILES string of the molecule is C=C(CO)[C@@H]1CC[C@@]2(C)CCC=C(C)[C@H]2C1. The van der Waals surface area contributed by atoms with Crippen LogP contribution in [0.1, 0.15) is 46.0 Å². The Morgan fingerprint density at radius 2 is 2.31 bits per heavy atom. The summed E-state index contributed by atoms with van der Waals surface area (Å²) >= 11 is 0. The number of hydrogen-bond donors (Lipinski definition) is 1. The van der Waals surface area contributed by atoms with Gasteiger partial charge in [0, 0.05) is 0 Å². The van der Waals surface area contributed by atoms with Crippen LogP contribution in [0.4, 0.5) is 0 Å². The van der Waals surface area contributed by atoms with Gasteiger partial charge in [0.2, 0.25) is 0 Å². The van der Waals surface area contributed by atoms with Crippen molar-refractivity contribution < 1.29 is 5.11 Å². The Morgan fingerprint density at radius 3 is 3.00 bits per heavy atom. The van der Waals surface area contributed by atoms with E-state index in [0.29, 0.717) is 11.3 Å².